The molecule has 0 bridgehead atoms. The van der Waals surface area contributed by atoms with Crippen molar-refractivity contribution in [2.24, 2.45) is 11.3 Å². The number of rotatable bonds is 8. The molecular formula is C15H30O2Si. The van der Waals surface area contributed by atoms with E-state index in [1.807, 2.05) is 0 Å². The molecule has 106 valence electrons. The fourth-order valence-corrected chi connectivity index (χ4v) is 4.31. The van der Waals surface area contributed by atoms with Crippen molar-refractivity contribution in [2.45, 2.75) is 77.4 Å². The van der Waals surface area contributed by atoms with E-state index in [4.69, 9.17) is 9.16 Å². The molecule has 18 heavy (non-hydrogen) atoms. The van der Waals surface area contributed by atoms with Gasteiger partial charge in [-0.05, 0) is 49.9 Å². The molecular weight excluding hydrogens is 240 g/mol. The third kappa shape index (κ3) is 3.58. The van der Waals surface area contributed by atoms with Crippen molar-refractivity contribution in [2.75, 3.05) is 6.61 Å². The Labute approximate surface area is 115 Å². The van der Waals surface area contributed by atoms with Gasteiger partial charge in [-0.15, -0.1) is 0 Å². The van der Waals surface area contributed by atoms with Crippen molar-refractivity contribution >= 4 is 10.5 Å². The smallest absolute Gasteiger partial charge is 0.145 e. The van der Waals surface area contributed by atoms with Gasteiger partial charge < -0.3 is 9.16 Å². The number of hydrogen-bond donors (Lipinski definition) is 0. The molecule has 0 aromatic rings. The molecule has 0 aromatic heterocycles. The first kappa shape index (κ1) is 14.5. The Hall–Kier alpha value is 0.137. The normalized spacial score (nSPS) is 31.3. The van der Waals surface area contributed by atoms with Crippen LogP contribution in [-0.4, -0.2) is 29.3 Å². The molecule has 0 spiro atoms. The zero-order valence-corrected chi connectivity index (χ0v) is 14.4. The van der Waals surface area contributed by atoms with Gasteiger partial charge >= 0.3 is 0 Å². The highest BCUT2D eigenvalue weighted by Crippen LogP contribution is 2.42. The SMILES string of the molecule is CCC(CC)(CCCC1CCC2OC2C1)CO[SiH3]. The van der Waals surface area contributed by atoms with Crippen LogP contribution < -0.4 is 0 Å². The second-order valence-corrected chi connectivity index (χ2v) is 7.00. The van der Waals surface area contributed by atoms with Crippen molar-refractivity contribution in [3.05, 3.63) is 0 Å². The Bertz CT molecular complexity index is 253. The summed E-state index contributed by atoms with van der Waals surface area (Å²) in [6, 6.07) is 0. The molecule has 0 aromatic carbocycles. The molecule has 3 heteroatoms. The van der Waals surface area contributed by atoms with Gasteiger partial charge in [0.1, 0.15) is 10.5 Å². The van der Waals surface area contributed by atoms with Crippen molar-refractivity contribution in [3.63, 3.8) is 0 Å². The third-order valence-electron chi connectivity index (χ3n) is 5.38. The van der Waals surface area contributed by atoms with E-state index < -0.39 is 0 Å². The van der Waals surface area contributed by atoms with Crippen molar-refractivity contribution in [1.82, 2.24) is 0 Å². The third-order valence-corrected chi connectivity index (χ3v) is 5.67. The predicted molar refractivity (Wildman–Crippen MR) is 78.8 cm³/mol. The van der Waals surface area contributed by atoms with E-state index in [0.29, 0.717) is 17.6 Å². The summed E-state index contributed by atoms with van der Waals surface area (Å²) in [6.45, 7) is 5.64. The van der Waals surface area contributed by atoms with E-state index in [-0.39, 0.29) is 0 Å². The zero-order chi connectivity index (χ0) is 13.0. The number of hydrogen-bond acceptors (Lipinski definition) is 2. The second kappa shape index (κ2) is 6.53. The Morgan fingerprint density at radius 2 is 2.00 bits per heavy atom. The van der Waals surface area contributed by atoms with Crippen LogP contribution in [0.5, 0.6) is 0 Å². The highest BCUT2D eigenvalue weighted by atomic mass is 28.2. The molecule has 1 aliphatic heterocycles. The van der Waals surface area contributed by atoms with E-state index in [9.17, 15) is 0 Å². The standard InChI is InChI=1S/C15H30O2Si/c1-3-15(4-2,11-16-18)9-5-6-12-7-8-13-14(10-12)17-13/h12-14H,3-11H2,1-2,18H3. The fraction of sp³-hybridized carbons (Fsp3) is 1.00. The van der Waals surface area contributed by atoms with Gasteiger partial charge in [0.05, 0.1) is 12.2 Å². The van der Waals surface area contributed by atoms with Crippen molar-refractivity contribution in [1.29, 1.82) is 0 Å². The summed E-state index contributed by atoms with van der Waals surface area (Å²) < 4.78 is 11.2. The number of epoxide rings is 1. The topological polar surface area (TPSA) is 21.8 Å². The maximum absolute atomic E-state index is 5.62. The molecule has 0 radical (unpaired) electrons. The number of fused-ring (bicyclic) bond motifs is 1. The van der Waals surface area contributed by atoms with Gasteiger partial charge in [-0.3, -0.25) is 0 Å². The number of ether oxygens (including phenoxy) is 1. The van der Waals surface area contributed by atoms with E-state index in [1.54, 1.807) is 0 Å². The van der Waals surface area contributed by atoms with Crippen LogP contribution in [0, 0.1) is 11.3 Å². The van der Waals surface area contributed by atoms with E-state index in [0.717, 1.165) is 23.0 Å². The first-order valence-corrected chi connectivity index (χ1v) is 8.69. The quantitative estimate of drug-likeness (QED) is 0.500. The minimum atomic E-state index is 0.467. The molecule has 3 unspecified atom stereocenters. The van der Waals surface area contributed by atoms with Gasteiger partial charge in [-0.25, -0.2) is 0 Å². The lowest BCUT2D eigenvalue weighted by Gasteiger charge is -2.32. The summed E-state index contributed by atoms with van der Waals surface area (Å²) in [6.07, 6.45) is 12.1. The molecule has 1 aliphatic carbocycles. The maximum Gasteiger partial charge on any atom is 0.145 e. The monoisotopic (exact) mass is 270 g/mol. The van der Waals surface area contributed by atoms with Gasteiger partial charge in [0.15, 0.2) is 0 Å². The van der Waals surface area contributed by atoms with Gasteiger partial charge in [-0.2, -0.15) is 0 Å². The highest BCUT2D eigenvalue weighted by molar-refractivity contribution is 5.97. The molecule has 2 nitrogen and oxygen atoms in total. The van der Waals surface area contributed by atoms with Crippen LogP contribution in [0.2, 0.25) is 0 Å². The van der Waals surface area contributed by atoms with Gasteiger partial charge in [0, 0.05) is 6.61 Å². The first-order valence-electron chi connectivity index (χ1n) is 7.87. The zero-order valence-electron chi connectivity index (χ0n) is 12.4. The Balaban J connectivity index is 1.68. The van der Waals surface area contributed by atoms with Crippen LogP contribution in [0.4, 0.5) is 0 Å². The van der Waals surface area contributed by atoms with E-state index in [1.165, 1.54) is 51.4 Å². The van der Waals surface area contributed by atoms with Crippen molar-refractivity contribution < 1.29 is 9.16 Å². The maximum atomic E-state index is 5.62. The van der Waals surface area contributed by atoms with Gasteiger partial charge in [-0.1, -0.05) is 26.7 Å². The molecule has 0 N–H and O–H groups in total. The molecule has 0 amide bonds. The van der Waals surface area contributed by atoms with Crippen LogP contribution in [0.25, 0.3) is 0 Å². The first-order chi connectivity index (χ1) is 8.73. The Kier molecular flexibility index (Phi) is 5.28. The molecule has 1 saturated carbocycles. The van der Waals surface area contributed by atoms with E-state index >= 15 is 0 Å². The summed E-state index contributed by atoms with van der Waals surface area (Å²) in [5, 5.41) is 0. The van der Waals surface area contributed by atoms with Crippen LogP contribution in [0.15, 0.2) is 0 Å². The molecule has 2 fully saturated rings. The Morgan fingerprint density at radius 1 is 1.22 bits per heavy atom. The summed E-state index contributed by atoms with van der Waals surface area (Å²) in [4.78, 5) is 0. The van der Waals surface area contributed by atoms with E-state index in [2.05, 4.69) is 13.8 Å². The summed E-state index contributed by atoms with van der Waals surface area (Å²) >= 11 is 0. The van der Waals surface area contributed by atoms with Gasteiger partial charge in [0.25, 0.3) is 0 Å². The lowest BCUT2D eigenvalue weighted by molar-refractivity contribution is 0.123. The summed E-state index contributed by atoms with van der Waals surface area (Å²) in [7, 11) is 0.881. The Morgan fingerprint density at radius 3 is 2.61 bits per heavy atom. The predicted octanol–water partition coefficient (Wildman–Crippen LogP) is 2.83. The average molecular weight is 270 g/mol. The lowest BCUT2D eigenvalue weighted by Crippen LogP contribution is -2.25. The lowest BCUT2D eigenvalue weighted by atomic mass is 9.77. The largest absolute Gasteiger partial charge is 0.427 e. The van der Waals surface area contributed by atoms with Crippen molar-refractivity contribution in [3.8, 4) is 0 Å². The molecule has 3 atom stereocenters. The van der Waals surface area contributed by atoms with Crippen LogP contribution in [0.1, 0.15) is 65.2 Å². The minimum Gasteiger partial charge on any atom is -0.427 e. The molecule has 2 aliphatic rings. The van der Waals surface area contributed by atoms with Gasteiger partial charge in [0.2, 0.25) is 0 Å². The van der Waals surface area contributed by atoms with Crippen LogP contribution in [0.3, 0.4) is 0 Å². The second-order valence-electron chi connectivity index (χ2n) is 6.42. The molecule has 1 saturated heterocycles. The molecule has 1 heterocycles. The highest BCUT2D eigenvalue weighted by Gasteiger charge is 2.43. The fourth-order valence-electron chi connectivity index (χ4n) is 3.70. The summed E-state index contributed by atoms with van der Waals surface area (Å²) in [5.41, 5.74) is 0.467. The average Bonchev–Trinajstić information content (AvgIpc) is 3.16. The van der Waals surface area contributed by atoms with Crippen LogP contribution in [-0.2, 0) is 9.16 Å². The van der Waals surface area contributed by atoms with Crippen LogP contribution >= 0.6 is 0 Å². The minimum absolute atomic E-state index is 0.467. The molecule has 2 rings (SSSR count). The summed E-state index contributed by atoms with van der Waals surface area (Å²) in [5.74, 6) is 0.942.